The van der Waals surface area contributed by atoms with Gasteiger partial charge in [-0.1, -0.05) is 56.3 Å². The van der Waals surface area contributed by atoms with Gasteiger partial charge in [-0.15, -0.1) is 0 Å². The Bertz CT molecular complexity index is 1420. The second kappa shape index (κ2) is 16.8. The first-order chi connectivity index (χ1) is 20.3. The van der Waals surface area contributed by atoms with Crippen LogP contribution in [0.2, 0.25) is 0 Å². The van der Waals surface area contributed by atoms with Gasteiger partial charge in [-0.3, -0.25) is 34.1 Å². The largest absolute Gasteiger partial charge is 1.00 e. The molecule has 0 aliphatic carbocycles. The monoisotopic (exact) mass is 638 g/mol. The average molecular weight is 639 g/mol. The maximum absolute atomic E-state index is 13.8. The van der Waals surface area contributed by atoms with E-state index in [0.717, 1.165) is 4.90 Å². The molecule has 1 aliphatic heterocycles. The van der Waals surface area contributed by atoms with E-state index in [1.807, 2.05) is 0 Å². The van der Waals surface area contributed by atoms with Crippen LogP contribution in [0, 0.1) is 17.8 Å². The molecule has 0 bridgehead atoms. The number of nitrogens with one attached hydrogen (secondary N) is 3. The molecule has 0 spiro atoms. The summed E-state index contributed by atoms with van der Waals surface area (Å²) < 4.78 is 32.7. The first kappa shape index (κ1) is 37.0. The molecule has 3 atom stereocenters. The number of benzene rings is 2. The molecule has 0 fully saturated rings. The van der Waals surface area contributed by atoms with Crippen molar-refractivity contribution in [2.45, 2.75) is 39.2 Å². The van der Waals surface area contributed by atoms with Gasteiger partial charge in [-0.25, -0.2) is 13.9 Å². The minimum absolute atomic E-state index is 0. The molecule has 44 heavy (non-hydrogen) atoms. The number of hydrogen-bond donors (Lipinski definition) is 4. The van der Waals surface area contributed by atoms with E-state index < -0.39 is 69.8 Å². The Morgan fingerprint density at radius 1 is 0.886 bits per heavy atom. The van der Waals surface area contributed by atoms with Crippen molar-refractivity contribution in [2.24, 2.45) is 17.8 Å². The van der Waals surface area contributed by atoms with Gasteiger partial charge in [0.25, 0.3) is 11.8 Å². The molecule has 0 radical (unpaired) electrons. The van der Waals surface area contributed by atoms with Crippen molar-refractivity contribution in [3.05, 3.63) is 71.3 Å². The van der Waals surface area contributed by atoms with Gasteiger partial charge in [-0.05, 0) is 36.5 Å². The molecular weight excluding hydrogens is 603 g/mol. The molecule has 3 rings (SSSR count). The molecule has 13 nitrogen and oxygen atoms in total. The predicted molar refractivity (Wildman–Crippen MR) is 152 cm³/mol. The minimum Gasteiger partial charge on any atom is -0.748 e. The predicted octanol–water partition coefficient (Wildman–Crippen LogP) is -2.15. The number of carbonyl (C=O) groups is 5. The van der Waals surface area contributed by atoms with Crippen molar-refractivity contribution >= 4 is 39.7 Å². The molecule has 0 aromatic heterocycles. The molecule has 232 valence electrons. The second-order valence-electron chi connectivity index (χ2n) is 10.7. The maximum Gasteiger partial charge on any atom is 1.00 e. The summed E-state index contributed by atoms with van der Waals surface area (Å²) in [5.74, 6) is -6.99. The molecule has 2 aromatic carbocycles. The Balaban J connectivity index is 0.00000675. The van der Waals surface area contributed by atoms with Crippen LogP contribution in [0.15, 0.2) is 54.6 Å². The van der Waals surface area contributed by atoms with Crippen molar-refractivity contribution in [3.63, 3.8) is 0 Å². The van der Waals surface area contributed by atoms with Gasteiger partial charge in [0.15, 0.2) is 0 Å². The fourth-order valence-corrected chi connectivity index (χ4v) is 5.46. The normalized spacial score (nSPS) is 14.7. The van der Waals surface area contributed by atoms with Crippen LogP contribution in [0.1, 0.15) is 53.0 Å². The SMILES string of the molecule is CC(C)C[C@@H](C(=O)N[C@H](Cc1ccccc1)C(=O)NCCCS(=O)(=O)[O-])C(CN1C(=O)c2ccccc2C1=O)C(=O)NO.[Na+]. The van der Waals surface area contributed by atoms with Crippen LogP contribution in [0.4, 0.5) is 0 Å². The van der Waals surface area contributed by atoms with E-state index >= 15 is 0 Å². The quantitative estimate of drug-likeness (QED) is 0.0419. The number of imide groups is 1. The molecule has 5 amide bonds. The summed E-state index contributed by atoms with van der Waals surface area (Å²) in [7, 11) is -4.47. The third-order valence-electron chi connectivity index (χ3n) is 7.04. The number of carbonyl (C=O) groups excluding carboxylic acids is 5. The van der Waals surface area contributed by atoms with Crippen molar-refractivity contribution in [1.29, 1.82) is 0 Å². The standard InChI is InChI=1S/C29H36N4O9S.Na/c1-18(2)15-22(23(26(35)32-39)17-33-28(37)20-11-6-7-12-21(20)29(33)38)25(34)31-24(16-19-9-4-3-5-10-19)27(36)30-13-8-14-43(40,41)42;/h3-7,9-12,18,22-24,39H,8,13-17H2,1-2H3,(H,30,36)(H,31,34)(H,32,35)(H,40,41,42);/q;+1/p-1/t22-,23?,24-;/m1./s1. The second-order valence-corrected chi connectivity index (χ2v) is 12.3. The van der Waals surface area contributed by atoms with Gasteiger partial charge in [0, 0.05) is 25.3 Å². The number of amides is 5. The molecular formula is C29H35N4NaO9S. The first-order valence-corrected chi connectivity index (χ1v) is 15.3. The Morgan fingerprint density at radius 2 is 1.45 bits per heavy atom. The van der Waals surface area contributed by atoms with Crippen molar-refractivity contribution in [1.82, 2.24) is 21.0 Å². The smallest absolute Gasteiger partial charge is 0.748 e. The fraction of sp³-hybridized carbons (Fsp3) is 0.414. The summed E-state index contributed by atoms with van der Waals surface area (Å²) in [4.78, 5) is 66.8. The van der Waals surface area contributed by atoms with Gasteiger partial charge in [0.1, 0.15) is 6.04 Å². The Kier molecular flexibility index (Phi) is 14.1. The van der Waals surface area contributed by atoms with Crippen molar-refractivity contribution < 1.29 is 71.7 Å². The van der Waals surface area contributed by atoms with Gasteiger partial charge in [-0.2, -0.15) is 0 Å². The zero-order valence-electron chi connectivity index (χ0n) is 24.8. The number of hydroxylamine groups is 1. The number of fused-ring (bicyclic) bond motifs is 1. The summed E-state index contributed by atoms with van der Waals surface area (Å²) in [6.07, 6.45) is 0.0225. The zero-order chi connectivity index (χ0) is 31.7. The summed E-state index contributed by atoms with van der Waals surface area (Å²) in [5, 5.41) is 14.7. The van der Waals surface area contributed by atoms with Gasteiger partial charge in [0.2, 0.25) is 17.7 Å². The minimum atomic E-state index is -4.47. The van der Waals surface area contributed by atoms with E-state index in [1.54, 1.807) is 56.3 Å². The number of nitrogens with zero attached hydrogens (tertiary/aromatic N) is 1. The first-order valence-electron chi connectivity index (χ1n) is 13.8. The molecule has 4 N–H and O–H groups in total. The van der Waals surface area contributed by atoms with Crippen LogP contribution in [-0.2, 0) is 30.9 Å². The third-order valence-corrected chi connectivity index (χ3v) is 7.83. The van der Waals surface area contributed by atoms with E-state index in [-0.39, 0.29) is 72.4 Å². The van der Waals surface area contributed by atoms with Crippen LogP contribution < -0.4 is 45.7 Å². The van der Waals surface area contributed by atoms with E-state index in [0.29, 0.717) is 5.56 Å². The van der Waals surface area contributed by atoms with Crippen LogP contribution in [-0.4, -0.2) is 77.5 Å². The van der Waals surface area contributed by atoms with E-state index in [2.05, 4.69) is 10.6 Å². The summed E-state index contributed by atoms with van der Waals surface area (Å²) >= 11 is 0. The molecule has 1 unspecified atom stereocenters. The van der Waals surface area contributed by atoms with Crippen LogP contribution in [0.25, 0.3) is 0 Å². The maximum atomic E-state index is 13.8. The number of hydrogen-bond acceptors (Lipinski definition) is 9. The molecule has 15 heteroatoms. The van der Waals surface area contributed by atoms with Gasteiger partial charge < -0.3 is 15.2 Å². The average Bonchev–Trinajstić information content (AvgIpc) is 3.20. The Morgan fingerprint density at radius 3 is 1.98 bits per heavy atom. The van der Waals surface area contributed by atoms with Gasteiger partial charge >= 0.3 is 29.6 Å². The summed E-state index contributed by atoms with van der Waals surface area (Å²) in [6, 6.07) is 13.7. The Labute approximate surface area is 278 Å². The fourth-order valence-electron chi connectivity index (χ4n) is 4.96. The topological polar surface area (TPSA) is 202 Å². The number of rotatable bonds is 15. The van der Waals surface area contributed by atoms with Crippen LogP contribution >= 0.6 is 0 Å². The molecule has 1 aliphatic rings. The van der Waals surface area contributed by atoms with Gasteiger partial charge in [0.05, 0.1) is 33.1 Å². The molecule has 1 heterocycles. The third kappa shape index (κ3) is 10.2. The molecule has 2 aromatic rings. The molecule has 0 saturated carbocycles. The van der Waals surface area contributed by atoms with Crippen LogP contribution in [0.3, 0.4) is 0 Å². The van der Waals surface area contributed by atoms with Crippen molar-refractivity contribution in [3.8, 4) is 0 Å². The Hall–Kier alpha value is -3.14. The molecule has 0 saturated heterocycles. The van der Waals surface area contributed by atoms with E-state index in [4.69, 9.17) is 0 Å². The van der Waals surface area contributed by atoms with Crippen LogP contribution in [0.5, 0.6) is 0 Å². The van der Waals surface area contributed by atoms with E-state index in [9.17, 15) is 42.2 Å². The summed E-state index contributed by atoms with van der Waals surface area (Å²) in [6.45, 7) is 2.97. The van der Waals surface area contributed by atoms with E-state index in [1.165, 1.54) is 17.6 Å². The van der Waals surface area contributed by atoms with Crippen molar-refractivity contribution in [2.75, 3.05) is 18.8 Å². The summed E-state index contributed by atoms with van der Waals surface area (Å²) in [5.41, 5.74) is 2.55. The zero-order valence-corrected chi connectivity index (χ0v) is 27.6.